The van der Waals surface area contributed by atoms with Crippen LogP contribution < -0.4 is 10.5 Å². The van der Waals surface area contributed by atoms with Gasteiger partial charge in [0.15, 0.2) is 0 Å². The van der Waals surface area contributed by atoms with Gasteiger partial charge in [-0.25, -0.2) is 0 Å². The van der Waals surface area contributed by atoms with Crippen LogP contribution in [0.15, 0.2) is 24.3 Å². The van der Waals surface area contributed by atoms with Gasteiger partial charge >= 0.3 is 0 Å². The fourth-order valence-electron chi connectivity index (χ4n) is 2.68. The Bertz CT molecular complexity index is 530. The van der Waals surface area contributed by atoms with E-state index < -0.39 is 0 Å². The Morgan fingerprint density at radius 1 is 1.23 bits per heavy atom. The summed E-state index contributed by atoms with van der Waals surface area (Å²) in [5.74, 6) is 0.118. The van der Waals surface area contributed by atoms with Crippen LogP contribution in [0.1, 0.15) is 12.5 Å². The Hall–Kier alpha value is -2.08. The second kappa shape index (κ2) is 7.26. The summed E-state index contributed by atoms with van der Waals surface area (Å²) in [5, 5.41) is 0. The van der Waals surface area contributed by atoms with Gasteiger partial charge in [0.05, 0.1) is 13.0 Å². The van der Waals surface area contributed by atoms with Crippen LogP contribution >= 0.6 is 0 Å². The smallest absolute Gasteiger partial charge is 0.223 e. The van der Waals surface area contributed by atoms with Crippen molar-refractivity contribution in [1.29, 1.82) is 0 Å². The molecule has 1 saturated heterocycles. The van der Waals surface area contributed by atoms with E-state index >= 15 is 0 Å². The lowest BCUT2D eigenvalue weighted by atomic mass is 10.1. The maximum absolute atomic E-state index is 11.6. The molecule has 6 heteroatoms. The lowest BCUT2D eigenvalue weighted by molar-refractivity contribution is -0.130. The minimum atomic E-state index is -0.354. The van der Waals surface area contributed by atoms with Gasteiger partial charge < -0.3 is 15.4 Å². The largest absolute Gasteiger partial charge is 0.497 e. The van der Waals surface area contributed by atoms with Gasteiger partial charge in [0.25, 0.3) is 0 Å². The molecule has 0 aliphatic carbocycles. The number of primary amides is 1. The molecule has 1 heterocycles. The molecule has 1 atom stereocenters. The van der Waals surface area contributed by atoms with Crippen LogP contribution in [0.25, 0.3) is 0 Å². The van der Waals surface area contributed by atoms with Gasteiger partial charge in [-0.05, 0) is 17.7 Å². The second-order valence-corrected chi connectivity index (χ2v) is 5.65. The molecule has 2 rings (SSSR count). The highest BCUT2D eigenvalue weighted by molar-refractivity contribution is 5.79. The number of carbonyl (C=O) groups is 2. The molecule has 2 N–H and O–H groups in total. The quantitative estimate of drug-likeness (QED) is 0.877. The molecule has 0 bridgehead atoms. The van der Waals surface area contributed by atoms with Gasteiger partial charge in [-0.3, -0.25) is 14.5 Å². The normalized spacial score (nSPS) is 19.5. The third kappa shape index (κ3) is 4.21. The van der Waals surface area contributed by atoms with E-state index in [1.165, 1.54) is 6.92 Å². The molecule has 120 valence electrons. The lowest BCUT2D eigenvalue weighted by Gasteiger charge is -2.22. The van der Waals surface area contributed by atoms with Gasteiger partial charge in [0.1, 0.15) is 5.75 Å². The zero-order chi connectivity index (χ0) is 16.1. The van der Waals surface area contributed by atoms with Crippen molar-refractivity contribution >= 4 is 11.8 Å². The van der Waals surface area contributed by atoms with Crippen molar-refractivity contribution in [3.8, 4) is 5.75 Å². The van der Waals surface area contributed by atoms with Gasteiger partial charge in [-0.1, -0.05) is 12.1 Å². The summed E-state index contributed by atoms with van der Waals surface area (Å²) in [6.45, 7) is 4.58. The molecule has 1 fully saturated rings. The zero-order valence-electron chi connectivity index (χ0n) is 13.1. The zero-order valence-corrected chi connectivity index (χ0v) is 13.1. The molecule has 22 heavy (non-hydrogen) atoms. The second-order valence-electron chi connectivity index (χ2n) is 5.65. The molecule has 1 aromatic carbocycles. The van der Waals surface area contributed by atoms with Crippen molar-refractivity contribution in [3.63, 3.8) is 0 Å². The van der Waals surface area contributed by atoms with E-state index in [1.807, 2.05) is 24.3 Å². The van der Waals surface area contributed by atoms with Crippen LogP contribution in [-0.2, 0) is 16.1 Å². The van der Waals surface area contributed by atoms with Gasteiger partial charge in [0.2, 0.25) is 11.8 Å². The van der Waals surface area contributed by atoms with E-state index in [4.69, 9.17) is 10.5 Å². The third-order valence-electron chi connectivity index (χ3n) is 4.02. The average molecular weight is 305 g/mol. The van der Waals surface area contributed by atoms with Crippen LogP contribution in [0.5, 0.6) is 5.75 Å². The molecule has 6 nitrogen and oxygen atoms in total. The number of ether oxygens (including phenoxy) is 1. The summed E-state index contributed by atoms with van der Waals surface area (Å²) >= 11 is 0. The number of nitrogens with two attached hydrogens (primary N) is 1. The first-order chi connectivity index (χ1) is 10.5. The fourth-order valence-corrected chi connectivity index (χ4v) is 2.68. The number of hydrogen-bond donors (Lipinski definition) is 1. The summed E-state index contributed by atoms with van der Waals surface area (Å²) < 4.78 is 5.15. The van der Waals surface area contributed by atoms with Gasteiger partial charge in [-0.15, -0.1) is 0 Å². The lowest BCUT2D eigenvalue weighted by Crippen LogP contribution is -2.39. The Morgan fingerprint density at radius 3 is 2.45 bits per heavy atom. The highest BCUT2D eigenvalue weighted by atomic mass is 16.5. The van der Waals surface area contributed by atoms with E-state index in [9.17, 15) is 9.59 Å². The number of rotatable bonds is 4. The molecule has 1 aliphatic heterocycles. The average Bonchev–Trinajstić information content (AvgIpc) is 2.71. The predicted molar refractivity (Wildman–Crippen MR) is 83.2 cm³/mol. The SMILES string of the molecule is COc1ccc(CN2CCN(C(C)=O)C[C@@H](C(N)=O)C2)cc1. The minimum Gasteiger partial charge on any atom is -0.497 e. The maximum atomic E-state index is 11.6. The molecule has 0 spiro atoms. The Morgan fingerprint density at radius 2 is 1.91 bits per heavy atom. The number of nitrogens with zero attached hydrogens (tertiary/aromatic N) is 2. The van der Waals surface area contributed by atoms with Crippen molar-refractivity contribution in [2.75, 3.05) is 33.3 Å². The molecule has 0 saturated carbocycles. The molecule has 1 aromatic rings. The first-order valence-corrected chi connectivity index (χ1v) is 7.39. The third-order valence-corrected chi connectivity index (χ3v) is 4.02. The van der Waals surface area contributed by atoms with E-state index in [1.54, 1.807) is 12.0 Å². The van der Waals surface area contributed by atoms with Gasteiger partial charge in [0, 0.05) is 39.6 Å². The molecule has 0 unspecified atom stereocenters. The maximum Gasteiger partial charge on any atom is 0.223 e. The number of carbonyl (C=O) groups excluding carboxylic acids is 2. The highest BCUT2D eigenvalue weighted by Crippen LogP contribution is 2.16. The molecule has 2 amide bonds. The molecular weight excluding hydrogens is 282 g/mol. The monoisotopic (exact) mass is 305 g/mol. The summed E-state index contributed by atoms with van der Waals surface area (Å²) in [5.41, 5.74) is 6.61. The van der Waals surface area contributed by atoms with E-state index in [0.29, 0.717) is 19.6 Å². The molecule has 0 radical (unpaired) electrons. The Balaban J connectivity index is 2.05. The topological polar surface area (TPSA) is 75.9 Å². The van der Waals surface area contributed by atoms with Crippen LogP contribution in [-0.4, -0.2) is 54.9 Å². The number of amides is 2. The van der Waals surface area contributed by atoms with Crippen molar-refractivity contribution in [2.24, 2.45) is 11.7 Å². The fraction of sp³-hybridized carbons (Fsp3) is 0.500. The molecule has 1 aliphatic rings. The van der Waals surface area contributed by atoms with Crippen LogP contribution in [0, 0.1) is 5.92 Å². The summed E-state index contributed by atoms with van der Waals surface area (Å²) in [4.78, 5) is 27.1. The first kappa shape index (κ1) is 16.3. The van der Waals surface area contributed by atoms with Crippen LogP contribution in [0.3, 0.4) is 0 Å². The van der Waals surface area contributed by atoms with E-state index in [2.05, 4.69) is 4.90 Å². The number of hydrogen-bond acceptors (Lipinski definition) is 4. The highest BCUT2D eigenvalue weighted by Gasteiger charge is 2.27. The van der Waals surface area contributed by atoms with Crippen molar-refractivity contribution in [1.82, 2.24) is 9.80 Å². The molecule has 0 aromatic heterocycles. The Labute approximate surface area is 130 Å². The van der Waals surface area contributed by atoms with Crippen LogP contribution in [0.4, 0.5) is 0 Å². The van der Waals surface area contributed by atoms with Crippen LogP contribution in [0.2, 0.25) is 0 Å². The number of methoxy groups -OCH3 is 1. The molecular formula is C16H23N3O3. The minimum absolute atomic E-state index is 0.0162. The summed E-state index contributed by atoms with van der Waals surface area (Å²) in [7, 11) is 1.64. The number of benzene rings is 1. The van der Waals surface area contributed by atoms with E-state index in [-0.39, 0.29) is 17.7 Å². The summed E-state index contributed by atoms with van der Waals surface area (Å²) in [6.07, 6.45) is 0. The van der Waals surface area contributed by atoms with Crippen molar-refractivity contribution in [2.45, 2.75) is 13.5 Å². The predicted octanol–water partition coefficient (Wildman–Crippen LogP) is 0.461. The van der Waals surface area contributed by atoms with Crippen molar-refractivity contribution in [3.05, 3.63) is 29.8 Å². The van der Waals surface area contributed by atoms with E-state index in [0.717, 1.165) is 24.4 Å². The summed E-state index contributed by atoms with van der Waals surface area (Å²) in [6, 6.07) is 7.85. The standard InChI is InChI=1S/C16H23N3O3/c1-12(20)19-8-7-18(10-14(11-19)16(17)21)9-13-3-5-15(22-2)6-4-13/h3-6,14H,7-11H2,1-2H3,(H2,17,21)/t14-/m0/s1. The van der Waals surface area contributed by atoms with Crippen molar-refractivity contribution < 1.29 is 14.3 Å². The first-order valence-electron chi connectivity index (χ1n) is 7.39. The van der Waals surface area contributed by atoms with Gasteiger partial charge in [-0.2, -0.15) is 0 Å². The Kier molecular flexibility index (Phi) is 5.38.